The molecule has 0 amide bonds. The van der Waals surface area contributed by atoms with Gasteiger partial charge in [0.05, 0.1) is 7.11 Å². The predicted molar refractivity (Wildman–Crippen MR) is 133 cm³/mol. The third-order valence-corrected chi connectivity index (χ3v) is 6.44. The van der Waals surface area contributed by atoms with Gasteiger partial charge in [0.15, 0.2) is 0 Å². The van der Waals surface area contributed by atoms with Crippen LogP contribution in [0.1, 0.15) is 61.0 Å². The molecular weight excluding hydrogens is 461 g/mol. The van der Waals surface area contributed by atoms with E-state index in [0.29, 0.717) is 26.2 Å². The lowest BCUT2D eigenvalue weighted by Gasteiger charge is -2.12. The minimum atomic E-state index is -0.234. The normalized spacial score (nSPS) is 17.3. The van der Waals surface area contributed by atoms with Gasteiger partial charge >= 0.3 is 5.97 Å². The van der Waals surface area contributed by atoms with Crippen LogP contribution in [0, 0.1) is 5.92 Å². The standard InChI is InChI=1S/C12H14Cl3N.C9H12O2S.C2H6/c13-9-2-1-8(3-9)7-16-12-5-10(14)4-11(15)6-12;1-3-4-7-5-6-8(12-7)9(10)11-2;1-2/h4-6,8-9,16H,1-3,7H2;5-6H,3-4H2,1-2H3;1-2H3. The summed E-state index contributed by atoms with van der Waals surface area (Å²) in [5.41, 5.74) is 0.982. The van der Waals surface area contributed by atoms with E-state index in [-0.39, 0.29) is 5.97 Å². The average Bonchev–Trinajstić information content (AvgIpc) is 3.36. The number of alkyl halides is 1. The van der Waals surface area contributed by atoms with Crippen LogP contribution in [0.25, 0.3) is 0 Å². The molecule has 1 aliphatic carbocycles. The maximum atomic E-state index is 11.0. The number of carbonyl (C=O) groups excluding carboxylic acids is 1. The summed E-state index contributed by atoms with van der Waals surface area (Å²) < 4.78 is 4.60. The molecule has 2 atom stereocenters. The molecular formula is C23H32Cl3NO2S. The van der Waals surface area contributed by atoms with E-state index in [1.807, 2.05) is 38.1 Å². The van der Waals surface area contributed by atoms with Gasteiger partial charge in [-0.1, -0.05) is 50.4 Å². The summed E-state index contributed by atoms with van der Waals surface area (Å²) in [6, 6.07) is 9.32. The molecule has 0 saturated heterocycles. The molecule has 1 saturated carbocycles. The molecule has 7 heteroatoms. The minimum absolute atomic E-state index is 0.234. The molecule has 0 radical (unpaired) electrons. The summed E-state index contributed by atoms with van der Waals surface area (Å²) >= 11 is 19.4. The molecule has 0 spiro atoms. The topological polar surface area (TPSA) is 38.3 Å². The van der Waals surface area contributed by atoms with Gasteiger partial charge in [-0.25, -0.2) is 4.79 Å². The van der Waals surface area contributed by atoms with Gasteiger partial charge in [0.25, 0.3) is 0 Å². The molecule has 1 N–H and O–H groups in total. The summed E-state index contributed by atoms with van der Waals surface area (Å²) in [4.78, 5) is 13.0. The third kappa shape index (κ3) is 9.91. The highest BCUT2D eigenvalue weighted by Crippen LogP contribution is 2.30. The van der Waals surface area contributed by atoms with Crippen LogP contribution >= 0.6 is 46.1 Å². The number of esters is 1. The van der Waals surface area contributed by atoms with Crippen LogP contribution in [0.2, 0.25) is 10.0 Å². The second-order valence-corrected chi connectivity index (χ2v) is 9.48. The molecule has 3 rings (SSSR count). The van der Waals surface area contributed by atoms with E-state index in [9.17, 15) is 4.79 Å². The van der Waals surface area contributed by atoms with E-state index in [0.717, 1.165) is 37.9 Å². The van der Waals surface area contributed by atoms with E-state index < -0.39 is 0 Å². The Hall–Kier alpha value is -0.940. The van der Waals surface area contributed by atoms with Crippen LogP contribution in [0.5, 0.6) is 0 Å². The van der Waals surface area contributed by atoms with Crippen molar-refractivity contribution >= 4 is 57.8 Å². The van der Waals surface area contributed by atoms with Gasteiger partial charge in [0, 0.05) is 32.5 Å². The average molecular weight is 493 g/mol. The number of hydrogen-bond donors (Lipinski definition) is 1. The minimum Gasteiger partial charge on any atom is -0.465 e. The Labute approximate surface area is 200 Å². The van der Waals surface area contributed by atoms with Crippen LogP contribution < -0.4 is 5.32 Å². The number of ether oxygens (including phenoxy) is 1. The lowest BCUT2D eigenvalue weighted by Crippen LogP contribution is -2.11. The number of halogens is 3. The fourth-order valence-corrected chi connectivity index (χ4v) is 5.02. The summed E-state index contributed by atoms with van der Waals surface area (Å²) in [7, 11) is 1.40. The van der Waals surface area contributed by atoms with E-state index in [2.05, 4.69) is 17.0 Å². The molecule has 1 aliphatic rings. The second-order valence-electron chi connectivity index (χ2n) is 6.82. The van der Waals surface area contributed by atoms with E-state index in [1.54, 1.807) is 6.07 Å². The Morgan fingerprint density at radius 1 is 1.17 bits per heavy atom. The molecule has 1 aromatic heterocycles. The largest absolute Gasteiger partial charge is 0.465 e. The Balaban J connectivity index is 0.000000287. The van der Waals surface area contributed by atoms with Crippen LogP contribution in [0.3, 0.4) is 0 Å². The number of carbonyl (C=O) groups is 1. The summed E-state index contributed by atoms with van der Waals surface area (Å²) in [6.45, 7) is 7.07. The molecule has 1 aromatic carbocycles. The van der Waals surface area contributed by atoms with Crippen molar-refractivity contribution in [1.29, 1.82) is 0 Å². The number of aryl methyl sites for hydroxylation is 1. The summed E-state index contributed by atoms with van der Waals surface area (Å²) in [5.74, 6) is 0.433. The van der Waals surface area contributed by atoms with Crippen molar-refractivity contribution in [1.82, 2.24) is 0 Å². The first-order valence-corrected chi connectivity index (χ1v) is 12.4. The van der Waals surface area contributed by atoms with Crippen LogP contribution in [0.4, 0.5) is 5.69 Å². The third-order valence-electron chi connectivity index (χ3n) is 4.48. The van der Waals surface area contributed by atoms with Gasteiger partial charge in [-0.15, -0.1) is 22.9 Å². The Morgan fingerprint density at radius 2 is 1.83 bits per heavy atom. The van der Waals surface area contributed by atoms with Crippen molar-refractivity contribution in [2.75, 3.05) is 19.0 Å². The molecule has 1 fully saturated rings. The van der Waals surface area contributed by atoms with Gasteiger partial charge in [-0.05, 0) is 61.9 Å². The Morgan fingerprint density at radius 3 is 2.37 bits per heavy atom. The number of thiophene rings is 1. The maximum absolute atomic E-state index is 11.0. The zero-order chi connectivity index (χ0) is 22.5. The van der Waals surface area contributed by atoms with Crippen LogP contribution in [-0.2, 0) is 11.2 Å². The molecule has 168 valence electrons. The van der Waals surface area contributed by atoms with Crippen molar-refractivity contribution < 1.29 is 9.53 Å². The maximum Gasteiger partial charge on any atom is 0.348 e. The highest BCUT2D eigenvalue weighted by atomic mass is 35.5. The quantitative estimate of drug-likeness (QED) is 0.325. The number of hydrogen-bond acceptors (Lipinski definition) is 4. The molecule has 0 bridgehead atoms. The number of benzene rings is 1. The first kappa shape index (κ1) is 27.1. The molecule has 3 nitrogen and oxygen atoms in total. The van der Waals surface area contributed by atoms with Crippen molar-refractivity contribution in [2.45, 2.75) is 58.3 Å². The smallest absolute Gasteiger partial charge is 0.348 e. The SMILES string of the molecule is CC.CCCc1ccc(C(=O)OC)s1.Clc1cc(Cl)cc(NCC2CCC(Cl)C2)c1. The monoisotopic (exact) mass is 491 g/mol. The van der Waals surface area contributed by atoms with E-state index >= 15 is 0 Å². The van der Waals surface area contributed by atoms with Crippen LogP contribution in [-0.4, -0.2) is 25.0 Å². The van der Waals surface area contributed by atoms with Gasteiger partial charge in [0.1, 0.15) is 4.88 Å². The number of rotatable bonds is 6. The van der Waals surface area contributed by atoms with Crippen molar-refractivity contribution in [3.63, 3.8) is 0 Å². The number of anilines is 1. The fourth-order valence-electron chi connectivity index (χ4n) is 3.09. The lowest BCUT2D eigenvalue weighted by molar-refractivity contribution is 0.0606. The highest BCUT2D eigenvalue weighted by Gasteiger charge is 2.22. The molecule has 0 aliphatic heterocycles. The first-order valence-electron chi connectivity index (χ1n) is 10.4. The summed E-state index contributed by atoms with van der Waals surface area (Å²) in [6.07, 6.45) is 5.59. The first-order chi connectivity index (χ1) is 14.4. The zero-order valence-electron chi connectivity index (χ0n) is 18.1. The lowest BCUT2D eigenvalue weighted by atomic mass is 10.1. The van der Waals surface area contributed by atoms with Gasteiger partial charge in [-0.3, -0.25) is 0 Å². The predicted octanol–water partition coefficient (Wildman–Crippen LogP) is 8.33. The number of methoxy groups -OCH3 is 1. The molecule has 30 heavy (non-hydrogen) atoms. The number of nitrogens with one attached hydrogen (secondary N) is 1. The van der Waals surface area contributed by atoms with Gasteiger partial charge < -0.3 is 10.1 Å². The zero-order valence-corrected chi connectivity index (χ0v) is 21.2. The molecule has 1 heterocycles. The molecule has 2 aromatic rings. The Bertz CT molecular complexity index is 746. The van der Waals surface area contributed by atoms with E-state index in [1.165, 1.54) is 29.7 Å². The van der Waals surface area contributed by atoms with Crippen LogP contribution in [0.15, 0.2) is 30.3 Å². The van der Waals surface area contributed by atoms with E-state index in [4.69, 9.17) is 34.8 Å². The summed E-state index contributed by atoms with van der Waals surface area (Å²) in [5, 5.41) is 5.04. The van der Waals surface area contributed by atoms with Crippen molar-refractivity contribution in [3.8, 4) is 0 Å². The van der Waals surface area contributed by atoms with Gasteiger partial charge in [0.2, 0.25) is 0 Å². The fraction of sp³-hybridized carbons (Fsp3) is 0.522. The Kier molecular flexibility index (Phi) is 13.5. The van der Waals surface area contributed by atoms with Gasteiger partial charge in [-0.2, -0.15) is 0 Å². The van der Waals surface area contributed by atoms with Crippen molar-refractivity contribution in [3.05, 3.63) is 50.1 Å². The highest BCUT2D eigenvalue weighted by molar-refractivity contribution is 7.13. The van der Waals surface area contributed by atoms with Crippen molar-refractivity contribution in [2.24, 2.45) is 5.92 Å². The molecule has 2 unspecified atom stereocenters. The second kappa shape index (κ2) is 15.0.